The van der Waals surface area contributed by atoms with E-state index in [-0.39, 0.29) is 0 Å². The molecule has 2 aromatic carbocycles. The van der Waals surface area contributed by atoms with Gasteiger partial charge < -0.3 is 0 Å². The Kier molecular flexibility index (Phi) is 5.51. The summed E-state index contributed by atoms with van der Waals surface area (Å²) in [6, 6.07) is 12.7. The quantitative estimate of drug-likeness (QED) is 0.645. The molecule has 0 spiro atoms. The zero-order valence-electron chi connectivity index (χ0n) is 12.0. The van der Waals surface area contributed by atoms with Crippen LogP contribution in [0.3, 0.4) is 0 Å². The van der Waals surface area contributed by atoms with Crippen LogP contribution in [0, 0.1) is 0 Å². The van der Waals surface area contributed by atoms with E-state index in [2.05, 4.69) is 50.2 Å². The minimum absolute atomic E-state index is 0.873. The average molecular weight is 307 g/mol. The summed E-state index contributed by atoms with van der Waals surface area (Å²) in [5.41, 5.74) is 4.97. The second-order valence-corrected chi connectivity index (χ2v) is 5.87. The van der Waals surface area contributed by atoms with Crippen LogP contribution in [0.2, 0.25) is 10.0 Å². The lowest BCUT2D eigenvalue weighted by Crippen LogP contribution is -1.94. The molecule has 2 aromatic rings. The third-order valence-electron chi connectivity index (χ3n) is 3.71. The van der Waals surface area contributed by atoms with Crippen LogP contribution < -0.4 is 0 Å². The summed E-state index contributed by atoms with van der Waals surface area (Å²) in [7, 11) is 0. The lowest BCUT2D eigenvalue weighted by Gasteiger charge is -2.08. The normalized spacial score (nSPS) is 10.8. The Morgan fingerprint density at radius 2 is 1.30 bits per heavy atom. The van der Waals surface area contributed by atoms with Crippen molar-refractivity contribution < 1.29 is 0 Å². The van der Waals surface area contributed by atoms with E-state index in [9.17, 15) is 0 Å². The van der Waals surface area contributed by atoms with Crippen LogP contribution in [0.5, 0.6) is 0 Å². The van der Waals surface area contributed by atoms with Gasteiger partial charge in [-0.15, -0.1) is 0 Å². The van der Waals surface area contributed by atoms with Crippen molar-refractivity contribution in [3.63, 3.8) is 0 Å². The monoisotopic (exact) mass is 306 g/mol. The molecule has 0 saturated heterocycles. The van der Waals surface area contributed by atoms with Gasteiger partial charge in [0.1, 0.15) is 0 Å². The molecule has 0 bridgehead atoms. The number of halogens is 2. The molecular weight excluding hydrogens is 287 g/mol. The van der Waals surface area contributed by atoms with E-state index >= 15 is 0 Å². The van der Waals surface area contributed by atoms with Gasteiger partial charge in [0.05, 0.1) is 0 Å². The van der Waals surface area contributed by atoms with Gasteiger partial charge in [-0.2, -0.15) is 0 Å². The Balaban J connectivity index is 2.07. The Morgan fingerprint density at radius 1 is 0.700 bits per heavy atom. The number of benzene rings is 2. The molecule has 0 saturated carbocycles. The molecule has 2 heteroatoms. The maximum Gasteiger partial charge on any atom is 0.0440 e. The van der Waals surface area contributed by atoms with E-state index in [1.807, 2.05) is 0 Å². The Morgan fingerprint density at radius 3 is 1.90 bits per heavy atom. The SMILES string of the molecule is CCc1ccc(CCc2ccc(CC)c(Cl)c2)c(Cl)c1. The van der Waals surface area contributed by atoms with Gasteiger partial charge in [-0.3, -0.25) is 0 Å². The fraction of sp³-hybridized carbons (Fsp3) is 0.333. The zero-order chi connectivity index (χ0) is 14.5. The van der Waals surface area contributed by atoms with Crippen molar-refractivity contribution in [1.82, 2.24) is 0 Å². The minimum atomic E-state index is 0.873. The third kappa shape index (κ3) is 3.77. The van der Waals surface area contributed by atoms with Crippen LogP contribution in [-0.4, -0.2) is 0 Å². The smallest absolute Gasteiger partial charge is 0.0440 e. The summed E-state index contributed by atoms with van der Waals surface area (Å²) in [5, 5.41) is 1.75. The first-order valence-corrected chi connectivity index (χ1v) is 7.94. The number of rotatable bonds is 5. The highest BCUT2D eigenvalue weighted by molar-refractivity contribution is 6.31. The van der Waals surface area contributed by atoms with Crippen LogP contribution in [0.4, 0.5) is 0 Å². The van der Waals surface area contributed by atoms with E-state index in [4.69, 9.17) is 23.2 Å². The molecule has 0 aromatic heterocycles. The largest absolute Gasteiger partial charge is 0.0840 e. The van der Waals surface area contributed by atoms with Crippen molar-refractivity contribution in [1.29, 1.82) is 0 Å². The second kappa shape index (κ2) is 7.15. The molecule has 0 N–H and O–H groups in total. The molecule has 0 atom stereocenters. The van der Waals surface area contributed by atoms with Gasteiger partial charge in [0.2, 0.25) is 0 Å². The molecule has 0 heterocycles. The van der Waals surface area contributed by atoms with Crippen molar-refractivity contribution in [2.24, 2.45) is 0 Å². The molecule has 0 aliphatic heterocycles. The van der Waals surface area contributed by atoms with Crippen molar-refractivity contribution in [2.75, 3.05) is 0 Å². The molecule has 0 amide bonds. The summed E-state index contributed by atoms with van der Waals surface area (Å²) in [6.45, 7) is 4.26. The lowest BCUT2D eigenvalue weighted by atomic mass is 10.0. The number of hydrogen-bond acceptors (Lipinski definition) is 0. The first-order chi connectivity index (χ1) is 9.63. The maximum atomic E-state index is 6.33. The van der Waals surface area contributed by atoms with Crippen molar-refractivity contribution in [3.8, 4) is 0 Å². The van der Waals surface area contributed by atoms with Gasteiger partial charge >= 0.3 is 0 Å². The van der Waals surface area contributed by atoms with Crippen LogP contribution in [-0.2, 0) is 25.7 Å². The highest BCUT2D eigenvalue weighted by Crippen LogP contribution is 2.22. The van der Waals surface area contributed by atoms with Gasteiger partial charge in [0.15, 0.2) is 0 Å². The topological polar surface area (TPSA) is 0 Å². The Labute approximate surface area is 131 Å². The molecule has 20 heavy (non-hydrogen) atoms. The predicted octanol–water partition coefficient (Wildman–Crippen LogP) is 5.90. The standard InChI is InChI=1S/C18H20Cl2/c1-3-13-5-9-16(18(20)11-13)10-7-14-6-8-15(4-2)17(19)12-14/h5-6,8-9,11-12H,3-4,7,10H2,1-2H3. The van der Waals surface area contributed by atoms with E-state index in [1.54, 1.807) is 0 Å². The summed E-state index contributed by atoms with van der Waals surface area (Å²) < 4.78 is 0. The lowest BCUT2D eigenvalue weighted by molar-refractivity contribution is 0.954. The first kappa shape index (κ1) is 15.4. The van der Waals surface area contributed by atoms with Gasteiger partial charge in [-0.05, 0) is 60.1 Å². The van der Waals surface area contributed by atoms with Gasteiger partial charge in [0, 0.05) is 10.0 Å². The average Bonchev–Trinajstić information content (AvgIpc) is 2.46. The Bertz CT molecular complexity index is 588. The summed E-state index contributed by atoms with van der Waals surface area (Å²) in [6.07, 6.45) is 3.91. The highest BCUT2D eigenvalue weighted by Gasteiger charge is 2.04. The van der Waals surface area contributed by atoms with E-state index in [0.29, 0.717) is 0 Å². The number of hydrogen-bond donors (Lipinski definition) is 0. The van der Waals surface area contributed by atoms with E-state index in [1.165, 1.54) is 22.3 Å². The van der Waals surface area contributed by atoms with Gasteiger partial charge in [-0.1, -0.05) is 61.3 Å². The van der Waals surface area contributed by atoms with Crippen LogP contribution in [0.15, 0.2) is 36.4 Å². The molecule has 0 unspecified atom stereocenters. The molecule has 0 radical (unpaired) electrons. The third-order valence-corrected chi connectivity index (χ3v) is 4.41. The first-order valence-electron chi connectivity index (χ1n) is 7.18. The summed E-state index contributed by atoms with van der Waals surface area (Å²) >= 11 is 12.6. The molecule has 0 aliphatic carbocycles. The Hall–Kier alpha value is -0.980. The molecule has 0 fully saturated rings. The van der Waals surface area contributed by atoms with Crippen LogP contribution in [0.1, 0.15) is 36.1 Å². The maximum absolute atomic E-state index is 6.33. The molecular formula is C18H20Cl2. The van der Waals surface area contributed by atoms with E-state index < -0.39 is 0 Å². The molecule has 2 rings (SSSR count). The van der Waals surface area contributed by atoms with Crippen LogP contribution in [0.25, 0.3) is 0 Å². The highest BCUT2D eigenvalue weighted by atomic mass is 35.5. The summed E-state index contributed by atoms with van der Waals surface area (Å²) in [4.78, 5) is 0. The van der Waals surface area contributed by atoms with Crippen molar-refractivity contribution in [3.05, 3.63) is 68.7 Å². The number of aryl methyl sites for hydroxylation is 4. The second-order valence-electron chi connectivity index (χ2n) is 5.06. The van der Waals surface area contributed by atoms with Gasteiger partial charge in [0.25, 0.3) is 0 Å². The van der Waals surface area contributed by atoms with E-state index in [0.717, 1.165) is 35.7 Å². The fourth-order valence-electron chi connectivity index (χ4n) is 2.33. The van der Waals surface area contributed by atoms with Crippen LogP contribution >= 0.6 is 23.2 Å². The van der Waals surface area contributed by atoms with Crippen molar-refractivity contribution >= 4 is 23.2 Å². The molecule has 106 valence electrons. The fourth-order valence-corrected chi connectivity index (χ4v) is 2.96. The zero-order valence-corrected chi connectivity index (χ0v) is 13.6. The molecule has 0 aliphatic rings. The molecule has 0 nitrogen and oxygen atoms in total. The summed E-state index contributed by atoms with van der Waals surface area (Å²) in [5.74, 6) is 0. The van der Waals surface area contributed by atoms with Crippen molar-refractivity contribution in [2.45, 2.75) is 39.5 Å². The van der Waals surface area contributed by atoms with Gasteiger partial charge in [-0.25, -0.2) is 0 Å². The predicted molar refractivity (Wildman–Crippen MR) is 89.1 cm³/mol. The minimum Gasteiger partial charge on any atom is -0.0840 e.